The molecule has 104 valence electrons. The van der Waals surface area contributed by atoms with Crippen LogP contribution in [0.25, 0.3) is 0 Å². The minimum absolute atomic E-state index is 0.0730. The number of hydrogen-bond acceptors (Lipinski definition) is 2. The van der Waals surface area contributed by atoms with Crippen molar-refractivity contribution in [2.75, 3.05) is 6.54 Å². The second-order valence-electron chi connectivity index (χ2n) is 6.17. The number of carbonyl (C=O) groups is 1. The molecule has 3 nitrogen and oxygen atoms in total. The first-order chi connectivity index (χ1) is 8.70. The Morgan fingerprint density at radius 1 is 1.17 bits per heavy atom. The van der Waals surface area contributed by atoms with Crippen LogP contribution in [0.1, 0.15) is 58.3 Å². The maximum Gasteiger partial charge on any atom is 0.306 e. The molecule has 2 unspecified atom stereocenters. The summed E-state index contributed by atoms with van der Waals surface area (Å²) in [4.78, 5) is 10.9. The van der Waals surface area contributed by atoms with Crippen LogP contribution in [0, 0.1) is 17.8 Å². The zero-order chi connectivity index (χ0) is 13.0. The lowest BCUT2D eigenvalue weighted by Crippen LogP contribution is -2.37. The average molecular weight is 253 g/mol. The fraction of sp³-hybridized carbons (Fsp3) is 0.933. The third-order valence-corrected chi connectivity index (χ3v) is 5.05. The van der Waals surface area contributed by atoms with Crippen molar-refractivity contribution in [3.05, 3.63) is 0 Å². The van der Waals surface area contributed by atoms with E-state index in [0.29, 0.717) is 5.92 Å². The van der Waals surface area contributed by atoms with Crippen LogP contribution in [-0.4, -0.2) is 23.7 Å². The van der Waals surface area contributed by atoms with Crippen molar-refractivity contribution in [2.24, 2.45) is 17.8 Å². The Bertz CT molecular complexity index is 272. The van der Waals surface area contributed by atoms with E-state index in [-0.39, 0.29) is 5.92 Å². The summed E-state index contributed by atoms with van der Waals surface area (Å²) < 4.78 is 0. The first-order valence-electron chi connectivity index (χ1n) is 7.67. The summed E-state index contributed by atoms with van der Waals surface area (Å²) in [5, 5.41) is 12.7. The van der Waals surface area contributed by atoms with Crippen LogP contribution < -0.4 is 5.32 Å². The molecule has 2 saturated carbocycles. The summed E-state index contributed by atoms with van der Waals surface area (Å²) in [6.07, 6.45) is 9.34. The summed E-state index contributed by atoms with van der Waals surface area (Å²) >= 11 is 0. The molecule has 2 fully saturated rings. The van der Waals surface area contributed by atoms with Gasteiger partial charge in [-0.1, -0.05) is 19.8 Å². The Hall–Kier alpha value is -0.570. The second-order valence-corrected chi connectivity index (χ2v) is 6.17. The minimum atomic E-state index is -0.594. The van der Waals surface area contributed by atoms with E-state index in [1.165, 1.54) is 25.7 Å². The molecule has 0 spiro atoms. The van der Waals surface area contributed by atoms with Crippen molar-refractivity contribution in [1.82, 2.24) is 5.32 Å². The van der Waals surface area contributed by atoms with Crippen LogP contribution >= 0.6 is 0 Å². The number of rotatable bonds is 5. The molecule has 18 heavy (non-hydrogen) atoms. The Morgan fingerprint density at radius 3 is 2.50 bits per heavy atom. The zero-order valence-corrected chi connectivity index (χ0v) is 11.5. The van der Waals surface area contributed by atoms with Gasteiger partial charge in [-0.05, 0) is 56.9 Å². The van der Waals surface area contributed by atoms with Gasteiger partial charge in [-0.2, -0.15) is 0 Å². The molecule has 2 aliphatic rings. The molecule has 0 aromatic carbocycles. The maximum atomic E-state index is 10.9. The number of aliphatic carboxylic acids is 1. The van der Waals surface area contributed by atoms with Gasteiger partial charge in [0.2, 0.25) is 0 Å². The molecule has 2 N–H and O–H groups in total. The molecule has 0 aliphatic heterocycles. The van der Waals surface area contributed by atoms with Crippen molar-refractivity contribution in [3.8, 4) is 0 Å². The third-order valence-electron chi connectivity index (χ3n) is 5.05. The van der Waals surface area contributed by atoms with Gasteiger partial charge in [0.15, 0.2) is 0 Å². The third kappa shape index (κ3) is 3.47. The monoisotopic (exact) mass is 253 g/mol. The number of hydrogen-bond donors (Lipinski definition) is 2. The van der Waals surface area contributed by atoms with Crippen LogP contribution in [0.3, 0.4) is 0 Å². The normalized spacial score (nSPS) is 36.7. The highest BCUT2D eigenvalue weighted by Gasteiger charge is 2.28. The lowest BCUT2D eigenvalue weighted by atomic mass is 9.82. The SMILES string of the molecule is CCC1CCCC1NCC1CCC(C(=O)O)CC1. The van der Waals surface area contributed by atoms with Crippen molar-refractivity contribution in [1.29, 1.82) is 0 Å². The van der Waals surface area contributed by atoms with Crippen LogP contribution in [0.5, 0.6) is 0 Å². The van der Waals surface area contributed by atoms with Gasteiger partial charge in [0.1, 0.15) is 0 Å². The van der Waals surface area contributed by atoms with E-state index in [9.17, 15) is 4.79 Å². The van der Waals surface area contributed by atoms with Gasteiger partial charge in [0.05, 0.1) is 5.92 Å². The van der Waals surface area contributed by atoms with Crippen molar-refractivity contribution < 1.29 is 9.90 Å². The first kappa shape index (κ1) is 13.9. The highest BCUT2D eigenvalue weighted by atomic mass is 16.4. The second kappa shape index (κ2) is 6.55. The quantitative estimate of drug-likeness (QED) is 0.791. The molecule has 0 heterocycles. The Balaban J connectivity index is 1.67. The van der Waals surface area contributed by atoms with Gasteiger partial charge in [0.25, 0.3) is 0 Å². The molecule has 0 aromatic heterocycles. The molecule has 0 aromatic rings. The standard InChI is InChI=1S/C15H27NO2/c1-2-12-4-3-5-14(12)16-10-11-6-8-13(9-7-11)15(17)18/h11-14,16H,2-10H2,1H3,(H,17,18). The molecular formula is C15H27NO2. The zero-order valence-electron chi connectivity index (χ0n) is 11.5. The molecule has 2 atom stereocenters. The molecular weight excluding hydrogens is 226 g/mol. The van der Waals surface area contributed by atoms with Crippen LogP contribution in [0.4, 0.5) is 0 Å². The highest BCUT2D eigenvalue weighted by molar-refractivity contribution is 5.69. The van der Waals surface area contributed by atoms with Crippen LogP contribution in [0.2, 0.25) is 0 Å². The summed E-state index contributed by atoms with van der Waals surface area (Å²) in [7, 11) is 0. The summed E-state index contributed by atoms with van der Waals surface area (Å²) in [6, 6.07) is 0.729. The minimum Gasteiger partial charge on any atom is -0.481 e. The highest BCUT2D eigenvalue weighted by Crippen LogP contribution is 2.31. The van der Waals surface area contributed by atoms with Gasteiger partial charge in [0, 0.05) is 6.04 Å². The van der Waals surface area contributed by atoms with E-state index < -0.39 is 5.97 Å². The van der Waals surface area contributed by atoms with E-state index >= 15 is 0 Å². The smallest absolute Gasteiger partial charge is 0.306 e. The van der Waals surface area contributed by atoms with E-state index in [0.717, 1.165) is 44.2 Å². The molecule has 0 bridgehead atoms. The van der Waals surface area contributed by atoms with E-state index in [4.69, 9.17) is 5.11 Å². The fourth-order valence-electron chi connectivity index (χ4n) is 3.73. The summed E-state index contributed by atoms with van der Waals surface area (Å²) in [5.74, 6) is 0.915. The molecule has 0 amide bonds. The van der Waals surface area contributed by atoms with Crippen LogP contribution in [0.15, 0.2) is 0 Å². The lowest BCUT2D eigenvalue weighted by molar-refractivity contribution is -0.143. The van der Waals surface area contributed by atoms with Crippen LogP contribution in [-0.2, 0) is 4.79 Å². The van der Waals surface area contributed by atoms with Gasteiger partial charge in [-0.15, -0.1) is 0 Å². The molecule has 2 aliphatic carbocycles. The maximum absolute atomic E-state index is 10.9. The van der Waals surface area contributed by atoms with Crippen molar-refractivity contribution in [2.45, 2.75) is 64.3 Å². The number of carboxylic acid groups (broad SMARTS) is 1. The van der Waals surface area contributed by atoms with Gasteiger partial charge >= 0.3 is 5.97 Å². The summed E-state index contributed by atoms with van der Waals surface area (Å²) in [6.45, 7) is 3.40. The fourth-order valence-corrected chi connectivity index (χ4v) is 3.73. The van der Waals surface area contributed by atoms with E-state index in [2.05, 4.69) is 12.2 Å². The van der Waals surface area contributed by atoms with Crippen molar-refractivity contribution in [3.63, 3.8) is 0 Å². The molecule has 3 heteroatoms. The lowest BCUT2D eigenvalue weighted by Gasteiger charge is -2.28. The Kier molecular flexibility index (Phi) is 5.04. The Labute approximate surface area is 110 Å². The van der Waals surface area contributed by atoms with Gasteiger partial charge < -0.3 is 10.4 Å². The van der Waals surface area contributed by atoms with E-state index in [1.54, 1.807) is 0 Å². The van der Waals surface area contributed by atoms with E-state index in [1.807, 2.05) is 0 Å². The number of nitrogens with one attached hydrogen (secondary N) is 1. The molecule has 0 saturated heterocycles. The largest absolute Gasteiger partial charge is 0.481 e. The Morgan fingerprint density at radius 2 is 1.89 bits per heavy atom. The van der Waals surface area contributed by atoms with Gasteiger partial charge in [-0.25, -0.2) is 0 Å². The predicted octanol–water partition coefficient (Wildman–Crippen LogP) is 3.05. The number of carboxylic acids is 1. The average Bonchev–Trinajstić information content (AvgIpc) is 2.84. The van der Waals surface area contributed by atoms with Crippen molar-refractivity contribution >= 4 is 5.97 Å². The van der Waals surface area contributed by atoms with Gasteiger partial charge in [-0.3, -0.25) is 4.79 Å². The molecule has 0 radical (unpaired) electrons. The first-order valence-corrected chi connectivity index (χ1v) is 7.67. The summed E-state index contributed by atoms with van der Waals surface area (Å²) in [5.41, 5.74) is 0. The predicted molar refractivity (Wildman–Crippen MR) is 72.5 cm³/mol. The molecule has 2 rings (SSSR count). The topological polar surface area (TPSA) is 49.3 Å².